The fourth-order valence-corrected chi connectivity index (χ4v) is 1.44. The molecule has 102 valence electrons. The molecule has 0 radical (unpaired) electrons. The van der Waals surface area contributed by atoms with E-state index in [1.807, 2.05) is 30.3 Å². The van der Waals surface area contributed by atoms with Crippen molar-refractivity contribution in [2.75, 3.05) is 7.11 Å². The number of esters is 1. The van der Waals surface area contributed by atoms with Crippen molar-refractivity contribution in [2.45, 2.75) is 6.61 Å². The minimum atomic E-state index is -0.807. The quantitative estimate of drug-likeness (QED) is 0.503. The van der Waals surface area contributed by atoms with Crippen LogP contribution >= 0.6 is 0 Å². The molecule has 0 unspecified atom stereocenters. The number of carbonyl (C=O) groups is 1. The molecule has 8 nitrogen and oxygen atoms in total. The van der Waals surface area contributed by atoms with Crippen molar-refractivity contribution in [1.82, 2.24) is 10.7 Å². The maximum Gasteiger partial charge on any atom is 0.352 e. The number of hydroxylamine groups is 1. The first-order chi connectivity index (χ1) is 9.76. The minimum absolute atomic E-state index is 0.0460. The van der Waals surface area contributed by atoms with E-state index < -0.39 is 5.97 Å². The standard InChI is InChI=1S/C12H11N5O3/c1-19-12(18)10(7-13)11-14-15-16-17(11)20-8-9-5-3-2-4-6-9/h2-6H,8H2,1H3,(H,14,16)/b11-10+. The largest absolute Gasteiger partial charge is 0.465 e. The zero-order valence-electron chi connectivity index (χ0n) is 10.6. The molecule has 20 heavy (non-hydrogen) atoms. The number of hydrogen-bond donors (Lipinski definition) is 1. The van der Waals surface area contributed by atoms with E-state index in [4.69, 9.17) is 10.1 Å². The highest BCUT2D eigenvalue weighted by Gasteiger charge is 2.26. The van der Waals surface area contributed by atoms with E-state index in [-0.39, 0.29) is 18.0 Å². The first-order valence-corrected chi connectivity index (χ1v) is 5.62. The van der Waals surface area contributed by atoms with Crippen LogP contribution in [-0.4, -0.2) is 18.3 Å². The first-order valence-electron chi connectivity index (χ1n) is 5.62. The normalized spacial score (nSPS) is 15.5. The second kappa shape index (κ2) is 6.31. The Hall–Kier alpha value is -2.92. The number of carbonyl (C=O) groups excluding carboxylic acids is 1. The Balaban J connectivity index is 2.11. The fraction of sp³-hybridized carbons (Fsp3) is 0.167. The van der Waals surface area contributed by atoms with Crippen molar-refractivity contribution in [1.29, 1.82) is 5.26 Å². The molecule has 0 aromatic heterocycles. The molecule has 0 amide bonds. The van der Waals surface area contributed by atoms with Crippen LogP contribution in [0.25, 0.3) is 0 Å². The second-order valence-corrected chi connectivity index (χ2v) is 3.66. The van der Waals surface area contributed by atoms with Crippen LogP contribution in [0.4, 0.5) is 0 Å². The lowest BCUT2D eigenvalue weighted by Gasteiger charge is -2.16. The van der Waals surface area contributed by atoms with Crippen LogP contribution in [-0.2, 0) is 21.0 Å². The van der Waals surface area contributed by atoms with Gasteiger partial charge >= 0.3 is 5.97 Å². The van der Waals surface area contributed by atoms with E-state index in [0.717, 1.165) is 10.7 Å². The number of methoxy groups -OCH3 is 1. The Morgan fingerprint density at radius 1 is 1.45 bits per heavy atom. The highest BCUT2D eigenvalue weighted by atomic mass is 16.7. The molecule has 0 atom stereocenters. The van der Waals surface area contributed by atoms with Crippen LogP contribution in [0.2, 0.25) is 0 Å². The summed E-state index contributed by atoms with van der Waals surface area (Å²) in [5.41, 5.74) is 3.04. The summed E-state index contributed by atoms with van der Waals surface area (Å²) < 4.78 is 4.50. The predicted octanol–water partition coefficient (Wildman–Crippen LogP) is 1.21. The summed E-state index contributed by atoms with van der Waals surface area (Å²) >= 11 is 0. The topological polar surface area (TPSA) is 99.3 Å². The first kappa shape index (κ1) is 13.5. The lowest BCUT2D eigenvalue weighted by Crippen LogP contribution is -2.30. The molecule has 0 aliphatic carbocycles. The third-order valence-corrected chi connectivity index (χ3v) is 2.40. The van der Waals surface area contributed by atoms with Gasteiger partial charge in [0.1, 0.15) is 12.7 Å². The van der Waals surface area contributed by atoms with Gasteiger partial charge in [0.2, 0.25) is 5.82 Å². The Kier molecular flexibility index (Phi) is 4.26. The third-order valence-electron chi connectivity index (χ3n) is 2.40. The second-order valence-electron chi connectivity index (χ2n) is 3.66. The summed E-state index contributed by atoms with van der Waals surface area (Å²) in [6.07, 6.45) is 0. The molecule has 1 aromatic rings. The molecule has 0 bridgehead atoms. The number of nitrogens with zero attached hydrogens (tertiary/aromatic N) is 4. The summed E-state index contributed by atoms with van der Waals surface area (Å²) in [5.74, 6) is -0.853. The van der Waals surface area contributed by atoms with Gasteiger partial charge in [-0.2, -0.15) is 10.8 Å². The van der Waals surface area contributed by atoms with Crippen molar-refractivity contribution in [2.24, 2.45) is 10.3 Å². The van der Waals surface area contributed by atoms with Crippen LogP contribution in [0.5, 0.6) is 0 Å². The number of hydrogen-bond acceptors (Lipinski definition) is 8. The van der Waals surface area contributed by atoms with Crippen molar-refractivity contribution in [3.8, 4) is 6.07 Å². The van der Waals surface area contributed by atoms with E-state index in [2.05, 4.69) is 20.6 Å². The molecule has 1 heterocycles. The average Bonchev–Trinajstić information content (AvgIpc) is 2.95. The molecule has 0 spiro atoms. The van der Waals surface area contributed by atoms with Gasteiger partial charge in [-0.1, -0.05) is 30.3 Å². The number of benzene rings is 1. The van der Waals surface area contributed by atoms with Crippen molar-refractivity contribution in [3.63, 3.8) is 0 Å². The number of ether oxygens (including phenoxy) is 1. The molecule has 1 N–H and O–H groups in total. The molecule has 1 aliphatic rings. The SMILES string of the molecule is COC(=O)/C(C#N)=C1\N=NNN1OCc1ccccc1. The molecule has 0 fully saturated rings. The average molecular weight is 273 g/mol. The van der Waals surface area contributed by atoms with E-state index >= 15 is 0 Å². The third kappa shape index (κ3) is 2.90. The Morgan fingerprint density at radius 2 is 2.20 bits per heavy atom. The summed E-state index contributed by atoms with van der Waals surface area (Å²) in [6, 6.07) is 11.1. The number of rotatable bonds is 4. The lowest BCUT2D eigenvalue weighted by atomic mass is 10.2. The smallest absolute Gasteiger partial charge is 0.352 e. The molecular formula is C12H11N5O3. The number of nitrogens with one attached hydrogen (secondary N) is 1. The van der Waals surface area contributed by atoms with Crippen molar-refractivity contribution < 1.29 is 14.4 Å². The number of nitriles is 1. The van der Waals surface area contributed by atoms with E-state index in [0.29, 0.717) is 0 Å². The maximum atomic E-state index is 11.4. The minimum Gasteiger partial charge on any atom is -0.465 e. The van der Waals surface area contributed by atoms with Gasteiger partial charge in [0.15, 0.2) is 5.57 Å². The Bertz CT molecular complexity index is 591. The molecule has 1 aliphatic heterocycles. The van der Waals surface area contributed by atoms with Gasteiger partial charge in [0.05, 0.1) is 7.11 Å². The molecule has 0 saturated carbocycles. The molecule has 2 rings (SSSR count). The molecular weight excluding hydrogens is 262 g/mol. The van der Waals surface area contributed by atoms with Gasteiger partial charge in [-0.05, 0) is 10.8 Å². The van der Waals surface area contributed by atoms with Crippen LogP contribution in [0.1, 0.15) is 5.56 Å². The molecule has 1 aromatic carbocycles. The number of hydrazine groups is 1. The van der Waals surface area contributed by atoms with E-state index in [1.54, 1.807) is 6.07 Å². The Labute approximate surface area is 114 Å². The fourth-order valence-electron chi connectivity index (χ4n) is 1.44. The summed E-state index contributed by atoms with van der Waals surface area (Å²) in [5, 5.41) is 17.2. The van der Waals surface area contributed by atoms with Crippen LogP contribution in [0.3, 0.4) is 0 Å². The lowest BCUT2D eigenvalue weighted by molar-refractivity contribution is -0.170. The highest BCUT2D eigenvalue weighted by molar-refractivity contribution is 5.93. The van der Waals surface area contributed by atoms with Crippen molar-refractivity contribution in [3.05, 3.63) is 47.3 Å². The molecule has 0 saturated heterocycles. The summed E-state index contributed by atoms with van der Waals surface area (Å²) in [4.78, 5) is 16.8. The predicted molar refractivity (Wildman–Crippen MR) is 65.7 cm³/mol. The van der Waals surface area contributed by atoms with Gasteiger partial charge < -0.3 is 4.74 Å². The van der Waals surface area contributed by atoms with Gasteiger partial charge in [-0.15, -0.1) is 10.3 Å². The van der Waals surface area contributed by atoms with Crippen molar-refractivity contribution >= 4 is 5.97 Å². The zero-order chi connectivity index (χ0) is 14.4. The van der Waals surface area contributed by atoms with E-state index in [9.17, 15) is 4.79 Å². The molecule has 8 heteroatoms. The summed E-state index contributed by atoms with van der Waals surface area (Å²) in [6.45, 7) is 0.224. The van der Waals surface area contributed by atoms with Gasteiger partial charge in [0, 0.05) is 0 Å². The van der Waals surface area contributed by atoms with Gasteiger partial charge in [0.25, 0.3) is 0 Å². The maximum absolute atomic E-state index is 11.4. The monoisotopic (exact) mass is 273 g/mol. The van der Waals surface area contributed by atoms with Crippen LogP contribution in [0.15, 0.2) is 52.1 Å². The van der Waals surface area contributed by atoms with Gasteiger partial charge in [-0.3, -0.25) is 0 Å². The van der Waals surface area contributed by atoms with E-state index in [1.165, 1.54) is 7.11 Å². The van der Waals surface area contributed by atoms with Crippen LogP contribution in [0, 0.1) is 11.3 Å². The van der Waals surface area contributed by atoms with Crippen LogP contribution < -0.4 is 5.53 Å². The van der Waals surface area contributed by atoms with Gasteiger partial charge in [-0.25, -0.2) is 9.63 Å². The summed E-state index contributed by atoms with van der Waals surface area (Å²) in [7, 11) is 1.18. The Morgan fingerprint density at radius 3 is 2.85 bits per heavy atom. The zero-order valence-corrected chi connectivity index (χ0v) is 10.6. The highest BCUT2D eigenvalue weighted by Crippen LogP contribution is 2.17.